The molecule has 0 spiro atoms. The molecule has 0 radical (unpaired) electrons. The van der Waals surface area contributed by atoms with Crippen LogP contribution in [0.4, 0.5) is 8.78 Å². The maximum absolute atomic E-state index is 14.4. The number of pyridine rings is 1. The molecule has 5 rings (SSSR count). The summed E-state index contributed by atoms with van der Waals surface area (Å²) in [5.41, 5.74) is 2.77. The highest BCUT2D eigenvalue weighted by Crippen LogP contribution is 2.61. The Hall–Kier alpha value is -2.87. The van der Waals surface area contributed by atoms with Gasteiger partial charge >= 0.3 is 5.97 Å². The van der Waals surface area contributed by atoms with E-state index in [1.165, 1.54) is 30.2 Å². The monoisotopic (exact) mass is 526 g/mol. The number of aryl methyl sites for hydroxylation is 4. The highest BCUT2D eigenvalue weighted by atomic mass is 19.3. The number of aromatic nitrogens is 1. The molecule has 2 atom stereocenters. The van der Waals surface area contributed by atoms with Crippen molar-refractivity contribution in [2.24, 2.45) is 5.92 Å². The van der Waals surface area contributed by atoms with Crippen molar-refractivity contribution in [3.05, 3.63) is 64.5 Å². The van der Waals surface area contributed by atoms with E-state index >= 15 is 0 Å². The van der Waals surface area contributed by atoms with Crippen LogP contribution in [0.15, 0.2) is 36.4 Å². The number of hydrogen-bond acceptors (Lipinski definition) is 4. The van der Waals surface area contributed by atoms with E-state index < -0.39 is 35.7 Å². The molecule has 1 amide bonds. The Morgan fingerprint density at radius 2 is 1.95 bits per heavy atom. The second kappa shape index (κ2) is 10.7. The van der Waals surface area contributed by atoms with Crippen LogP contribution in [0.3, 0.4) is 0 Å². The molecule has 2 fully saturated rings. The fourth-order valence-corrected chi connectivity index (χ4v) is 5.95. The van der Waals surface area contributed by atoms with E-state index in [4.69, 9.17) is 9.72 Å². The number of carbonyl (C=O) groups is 2. The number of fused-ring (bicyclic) bond motifs is 1. The number of benzene rings is 1. The molecule has 2 saturated carbocycles. The molecule has 0 bridgehead atoms. The van der Waals surface area contributed by atoms with Crippen LogP contribution >= 0.6 is 0 Å². The first-order valence-electron chi connectivity index (χ1n) is 13.8. The lowest BCUT2D eigenvalue weighted by Crippen LogP contribution is -2.48. The maximum atomic E-state index is 14.4. The Morgan fingerprint density at radius 1 is 1.18 bits per heavy atom. The second-order valence-electron chi connectivity index (χ2n) is 11.3. The van der Waals surface area contributed by atoms with Crippen LogP contribution in [-0.4, -0.2) is 46.6 Å². The SMILES string of the molecule is Cc1cccc(C2(C(=O)NC(CCOC3CC(CCc4ccc5c(n4)CCCC5)C3)C(=O)O)CC2(F)F)c1. The van der Waals surface area contributed by atoms with Crippen molar-refractivity contribution in [1.29, 1.82) is 0 Å². The van der Waals surface area contributed by atoms with E-state index in [-0.39, 0.29) is 24.7 Å². The van der Waals surface area contributed by atoms with Crippen LogP contribution in [0, 0.1) is 12.8 Å². The highest BCUT2D eigenvalue weighted by Gasteiger charge is 2.76. The Bertz CT molecular complexity index is 1200. The van der Waals surface area contributed by atoms with E-state index in [1.807, 2.05) is 0 Å². The van der Waals surface area contributed by atoms with Gasteiger partial charge in [0.25, 0.3) is 5.92 Å². The predicted molar refractivity (Wildman–Crippen MR) is 138 cm³/mol. The lowest BCUT2D eigenvalue weighted by Gasteiger charge is -2.35. The Kier molecular flexibility index (Phi) is 7.54. The predicted octanol–water partition coefficient (Wildman–Crippen LogP) is 4.93. The molecule has 6 nitrogen and oxygen atoms in total. The molecule has 1 aromatic carbocycles. The third-order valence-electron chi connectivity index (χ3n) is 8.49. The van der Waals surface area contributed by atoms with Crippen molar-refractivity contribution in [2.45, 2.75) is 94.6 Å². The third kappa shape index (κ3) is 5.46. The number of carboxylic acids is 1. The van der Waals surface area contributed by atoms with Crippen molar-refractivity contribution >= 4 is 11.9 Å². The largest absolute Gasteiger partial charge is 0.480 e. The third-order valence-corrected chi connectivity index (χ3v) is 8.49. The first-order chi connectivity index (χ1) is 18.2. The number of carboxylic acid groups (broad SMARTS) is 1. The maximum Gasteiger partial charge on any atom is 0.326 e. The van der Waals surface area contributed by atoms with Gasteiger partial charge in [-0.3, -0.25) is 9.78 Å². The van der Waals surface area contributed by atoms with Crippen molar-refractivity contribution < 1.29 is 28.2 Å². The van der Waals surface area contributed by atoms with Gasteiger partial charge in [0.1, 0.15) is 11.5 Å². The average molecular weight is 527 g/mol. The minimum absolute atomic E-state index is 0.0246. The lowest BCUT2D eigenvalue weighted by molar-refractivity contribution is -0.143. The molecule has 2 aromatic rings. The van der Waals surface area contributed by atoms with Gasteiger partial charge in [0.05, 0.1) is 6.10 Å². The van der Waals surface area contributed by atoms with Gasteiger partial charge < -0.3 is 15.2 Å². The highest BCUT2D eigenvalue weighted by molar-refractivity contribution is 5.96. The number of aliphatic carboxylic acids is 1. The number of nitrogens with one attached hydrogen (secondary N) is 1. The minimum Gasteiger partial charge on any atom is -0.480 e. The van der Waals surface area contributed by atoms with E-state index in [0.29, 0.717) is 5.92 Å². The van der Waals surface area contributed by atoms with Gasteiger partial charge in [-0.25, -0.2) is 13.6 Å². The van der Waals surface area contributed by atoms with Gasteiger partial charge in [0.2, 0.25) is 5.91 Å². The Balaban J connectivity index is 1.06. The number of nitrogens with zero attached hydrogens (tertiary/aromatic N) is 1. The number of carbonyl (C=O) groups excluding carboxylic acids is 1. The fraction of sp³-hybridized carbons (Fsp3) is 0.567. The van der Waals surface area contributed by atoms with E-state index in [9.17, 15) is 23.5 Å². The van der Waals surface area contributed by atoms with E-state index in [2.05, 4.69) is 17.4 Å². The van der Waals surface area contributed by atoms with Gasteiger partial charge in [-0.2, -0.15) is 0 Å². The Labute approximate surface area is 222 Å². The quantitative estimate of drug-likeness (QED) is 0.433. The molecule has 1 aromatic heterocycles. The van der Waals surface area contributed by atoms with E-state index in [1.54, 1.807) is 25.1 Å². The molecule has 38 heavy (non-hydrogen) atoms. The molecular weight excluding hydrogens is 490 g/mol. The summed E-state index contributed by atoms with van der Waals surface area (Å²) in [5, 5.41) is 12.0. The zero-order chi connectivity index (χ0) is 26.9. The van der Waals surface area contributed by atoms with Crippen LogP contribution in [0.1, 0.15) is 73.0 Å². The number of halogens is 2. The van der Waals surface area contributed by atoms with Crippen LogP contribution in [-0.2, 0) is 39.0 Å². The lowest BCUT2D eigenvalue weighted by atomic mass is 9.79. The summed E-state index contributed by atoms with van der Waals surface area (Å²) in [6.45, 7) is 1.91. The van der Waals surface area contributed by atoms with Gasteiger partial charge in [-0.15, -0.1) is 0 Å². The topological polar surface area (TPSA) is 88.5 Å². The number of hydrogen-bond donors (Lipinski definition) is 2. The van der Waals surface area contributed by atoms with Crippen LogP contribution in [0.25, 0.3) is 0 Å². The summed E-state index contributed by atoms with van der Waals surface area (Å²) in [6.07, 6.45) is 7.98. The summed E-state index contributed by atoms with van der Waals surface area (Å²) in [6, 6.07) is 9.56. The zero-order valence-electron chi connectivity index (χ0n) is 21.8. The average Bonchev–Trinajstić information content (AvgIpc) is 3.47. The summed E-state index contributed by atoms with van der Waals surface area (Å²) < 4.78 is 34.7. The first kappa shape index (κ1) is 26.7. The first-order valence-corrected chi connectivity index (χ1v) is 13.8. The van der Waals surface area contributed by atoms with Crippen molar-refractivity contribution in [1.82, 2.24) is 10.3 Å². The van der Waals surface area contributed by atoms with E-state index in [0.717, 1.165) is 49.8 Å². The molecule has 204 valence electrons. The van der Waals surface area contributed by atoms with Crippen molar-refractivity contribution in [2.75, 3.05) is 6.61 Å². The fourth-order valence-electron chi connectivity index (χ4n) is 5.95. The molecule has 1 heterocycles. The molecule has 8 heteroatoms. The standard InChI is InChI=1S/C30H36F2N2O4/c1-19-5-4-7-22(15-19)29(18-30(29,31)32)28(37)34-26(27(35)36)13-14-38-24-16-20(17-24)9-11-23-12-10-21-6-2-3-8-25(21)33-23/h4-5,7,10,12,15,20,24,26H,2-3,6,8-9,11,13-14,16-18H2,1H3,(H,34,37)(H,35,36). The van der Waals surface area contributed by atoms with Crippen LogP contribution < -0.4 is 5.32 Å². The van der Waals surface area contributed by atoms with Gasteiger partial charge in [-0.1, -0.05) is 35.9 Å². The van der Waals surface area contributed by atoms with Crippen molar-refractivity contribution in [3.63, 3.8) is 0 Å². The molecule has 3 aliphatic rings. The summed E-state index contributed by atoms with van der Waals surface area (Å²) >= 11 is 0. The van der Waals surface area contributed by atoms with Gasteiger partial charge in [0, 0.05) is 30.8 Å². The molecule has 2 N–H and O–H groups in total. The normalized spacial score (nSPS) is 26.1. The van der Waals surface area contributed by atoms with Crippen molar-refractivity contribution in [3.8, 4) is 0 Å². The molecular formula is C30H36F2N2O4. The molecule has 0 saturated heterocycles. The molecule has 0 aliphatic heterocycles. The number of amides is 1. The smallest absolute Gasteiger partial charge is 0.326 e. The summed E-state index contributed by atoms with van der Waals surface area (Å²) in [4.78, 5) is 29.6. The minimum atomic E-state index is -3.21. The summed E-state index contributed by atoms with van der Waals surface area (Å²) in [7, 11) is 0. The van der Waals surface area contributed by atoms with Crippen LogP contribution in [0.5, 0.6) is 0 Å². The summed E-state index contributed by atoms with van der Waals surface area (Å²) in [5.74, 6) is -4.85. The van der Waals surface area contributed by atoms with Gasteiger partial charge in [-0.05, 0) is 81.4 Å². The Morgan fingerprint density at radius 3 is 2.66 bits per heavy atom. The number of alkyl halides is 2. The van der Waals surface area contributed by atoms with Crippen LogP contribution in [0.2, 0.25) is 0 Å². The zero-order valence-corrected chi connectivity index (χ0v) is 21.8. The van der Waals surface area contributed by atoms with Gasteiger partial charge in [0.15, 0.2) is 0 Å². The number of rotatable bonds is 11. The second-order valence-corrected chi connectivity index (χ2v) is 11.3. The molecule has 3 aliphatic carbocycles. The molecule has 2 unspecified atom stereocenters. The number of ether oxygens (including phenoxy) is 1.